The molecule has 11 nitrogen and oxygen atoms in total. The van der Waals surface area contributed by atoms with Gasteiger partial charge in [-0.05, 0) is 116 Å². The number of aliphatic hydroxyl groups excluding tert-OH is 5. The van der Waals surface area contributed by atoms with Crippen molar-refractivity contribution < 1.29 is 49.3 Å². The topological polar surface area (TPSA) is 175 Å². The molecule has 1 heterocycles. The molecule has 510 valence electrons. The van der Waals surface area contributed by atoms with Crippen LogP contribution in [0, 0.1) is 0 Å². The van der Waals surface area contributed by atoms with Crippen LogP contribution >= 0.6 is 0 Å². The van der Waals surface area contributed by atoms with Gasteiger partial charge in [0, 0.05) is 6.42 Å². The van der Waals surface area contributed by atoms with Crippen LogP contribution in [0.2, 0.25) is 0 Å². The Bertz CT molecular complexity index is 1920. The third-order valence-electron chi connectivity index (χ3n) is 16.3. The second-order valence-corrected chi connectivity index (χ2v) is 24.6. The van der Waals surface area contributed by atoms with Crippen molar-refractivity contribution in [1.29, 1.82) is 0 Å². The molecule has 1 amide bonds. The van der Waals surface area contributed by atoms with Crippen molar-refractivity contribution >= 4 is 11.9 Å². The SMILES string of the molecule is CC/C=C\C/C=C\C/C=C\C/C=C\C/C=C\CCCCCCCCCCCCCC(=O)OC1C(OCC(NC(=O)C(O)CCCCCC/C=C\C/C=C\C/C=C\C/C=C\CCCCC)C(O)/C=C/CCCCCCCCCCCCC)OC(CO)C(O)C1O. The van der Waals surface area contributed by atoms with Crippen LogP contribution in [-0.2, 0) is 23.8 Å². The van der Waals surface area contributed by atoms with Crippen LogP contribution < -0.4 is 5.32 Å². The number of hydrogen-bond acceptors (Lipinski definition) is 10. The Balaban J connectivity index is 2.59. The summed E-state index contributed by atoms with van der Waals surface area (Å²) in [5, 5.41) is 57.3. The third-order valence-corrected chi connectivity index (χ3v) is 16.3. The van der Waals surface area contributed by atoms with Crippen LogP contribution in [-0.4, -0.2) is 99.6 Å². The Morgan fingerprint density at radius 3 is 1.24 bits per heavy atom. The van der Waals surface area contributed by atoms with Gasteiger partial charge in [-0.25, -0.2) is 0 Å². The average Bonchev–Trinajstić information content (AvgIpc) is 1.85. The number of amides is 1. The molecule has 0 aliphatic carbocycles. The molecule has 0 spiro atoms. The lowest BCUT2D eigenvalue weighted by atomic mass is 9.99. The highest BCUT2D eigenvalue weighted by atomic mass is 16.7. The highest BCUT2D eigenvalue weighted by Crippen LogP contribution is 2.26. The van der Waals surface area contributed by atoms with Crippen LogP contribution in [0.5, 0.6) is 0 Å². The maximum absolute atomic E-state index is 13.5. The lowest BCUT2D eigenvalue weighted by Gasteiger charge is -2.41. The fourth-order valence-electron chi connectivity index (χ4n) is 10.7. The molecule has 1 rings (SSSR count). The Morgan fingerprint density at radius 2 is 0.809 bits per heavy atom. The third kappa shape index (κ3) is 51.3. The van der Waals surface area contributed by atoms with Crippen LogP contribution in [0.1, 0.15) is 297 Å². The summed E-state index contributed by atoms with van der Waals surface area (Å²) < 4.78 is 17.7. The quantitative estimate of drug-likeness (QED) is 0.0195. The number of nitrogens with one attached hydrogen (secondary N) is 1. The van der Waals surface area contributed by atoms with Crippen molar-refractivity contribution in [3.63, 3.8) is 0 Å². The number of ether oxygens (including phenoxy) is 3. The lowest BCUT2D eigenvalue weighted by Crippen LogP contribution is -2.61. The highest BCUT2D eigenvalue weighted by Gasteiger charge is 2.47. The van der Waals surface area contributed by atoms with Gasteiger partial charge < -0.3 is 45.1 Å². The number of esters is 1. The average molecular weight is 1240 g/mol. The maximum atomic E-state index is 13.5. The molecule has 0 aromatic rings. The normalized spacial score (nSPS) is 18.9. The minimum Gasteiger partial charge on any atom is -0.454 e. The minimum absolute atomic E-state index is 0.111. The molecule has 11 heteroatoms. The van der Waals surface area contributed by atoms with Crippen molar-refractivity contribution in [2.75, 3.05) is 13.2 Å². The molecule has 0 radical (unpaired) electrons. The van der Waals surface area contributed by atoms with E-state index in [0.717, 1.165) is 128 Å². The van der Waals surface area contributed by atoms with Gasteiger partial charge >= 0.3 is 5.97 Å². The van der Waals surface area contributed by atoms with E-state index >= 15 is 0 Å². The number of rotatable bonds is 61. The van der Waals surface area contributed by atoms with Crippen LogP contribution in [0.4, 0.5) is 0 Å². The number of unbranched alkanes of at least 4 members (excludes halogenated alkanes) is 29. The van der Waals surface area contributed by atoms with Gasteiger partial charge in [-0.15, -0.1) is 0 Å². The fraction of sp³-hybridized carbons (Fsp3) is 0.718. The summed E-state index contributed by atoms with van der Waals surface area (Å²) in [6.45, 7) is 5.66. The number of aliphatic hydroxyl groups is 5. The van der Waals surface area contributed by atoms with Crippen LogP contribution in [0.25, 0.3) is 0 Å². The molecule has 0 aromatic heterocycles. The van der Waals surface area contributed by atoms with E-state index in [2.05, 4.69) is 135 Å². The number of allylic oxidation sites excluding steroid dienone is 19. The zero-order chi connectivity index (χ0) is 64.6. The summed E-state index contributed by atoms with van der Waals surface area (Å²) in [6.07, 6.45) is 79.4. The molecular weight excluding hydrogens is 1110 g/mol. The van der Waals surface area contributed by atoms with Crippen molar-refractivity contribution in [1.82, 2.24) is 5.32 Å². The Hall–Kier alpha value is -3.94. The first-order chi connectivity index (χ1) is 43.7. The first-order valence-corrected chi connectivity index (χ1v) is 36.3. The predicted molar refractivity (Wildman–Crippen MR) is 374 cm³/mol. The standard InChI is InChI=1S/C78H133NO10/c1-4-7-10-13-16-19-22-25-27-29-31-33-34-35-36-37-38-39-41-43-45-48-51-54-57-60-63-66-73(83)89-76-75(85)74(84)72(67-80)88-78(76)87-68-69(70(81)64-61-58-55-52-49-46-24-21-18-15-12-9-6-3)79-77(86)71(82)65-62-59-56-53-50-47-44-42-40-32-30-28-26-23-20-17-14-11-8-5-2/h7,10,16-17,19-20,25-28,31-33,35-36,40,44,47,61,64,69-72,74-76,78,80-82,84-85H,4-6,8-9,11-15,18,21-24,29-30,34,37-39,41-43,45-46,48-60,62-63,65-68H2,1-3H3,(H,79,86)/b10-7-,19-16-,20-17-,27-25-,28-26-,33-31-,36-35-,40-32-,47-44-,64-61+. The summed E-state index contributed by atoms with van der Waals surface area (Å²) in [6, 6.07) is -1.04. The molecule has 8 unspecified atom stereocenters. The molecule has 1 aliphatic rings. The molecule has 1 aliphatic heterocycles. The number of carbonyl (C=O) groups excluding carboxylic acids is 2. The van der Waals surface area contributed by atoms with Gasteiger partial charge in [0.2, 0.25) is 5.91 Å². The monoisotopic (exact) mass is 1240 g/mol. The van der Waals surface area contributed by atoms with E-state index < -0.39 is 67.4 Å². The van der Waals surface area contributed by atoms with Gasteiger partial charge in [0.15, 0.2) is 12.4 Å². The maximum Gasteiger partial charge on any atom is 0.306 e. The molecular formula is C78H133NO10. The summed E-state index contributed by atoms with van der Waals surface area (Å²) in [7, 11) is 0. The summed E-state index contributed by atoms with van der Waals surface area (Å²) in [4.78, 5) is 26.7. The van der Waals surface area contributed by atoms with Crippen molar-refractivity contribution in [2.45, 2.75) is 346 Å². The molecule has 0 aromatic carbocycles. The van der Waals surface area contributed by atoms with E-state index in [9.17, 15) is 35.1 Å². The number of carbonyl (C=O) groups is 2. The second-order valence-electron chi connectivity index (χ2n) is 24.6. The molecule has 6 N–H and O–H groups in total. The summed E-state index contributed by atoms with van der Waals surface area (Å²) >= 11 is 0. The molecule has 0 bridgehead atoms. The van der Waals surface area contributed by atoms with Crippen molar-refractivity contribution in [3.05, 3.63) is 122 Å². The molecule has 1 saturated heterocycles. The smallest absolute Gasteiger partial charge is 0.306 e. The first-order valence-electron chi connectivity index (χ1n) is 36.3. The van der Waals surface area contributed by atoms with E-state index in [1.807, 2.05) is 6.08 Å². The van der Waals surface area contributed by atoms with E-state index in [0.29, 0.717) is 12.8 Å². The van der Waals surface area contributed by atoms with E-state index in [1.54, 1.807) is 6.08 Å². The lowest BCUT2D eigenvalue weighted by molar-refractivity contribution is -0.305. The zero-order valence-corrected chi connectivity index (χ0v) is 56.8. The van der Waals surface area contributed by atoms with E-state index in [1.165, 1.54) is 122 Å². The van der Waals surface area contributed by atoms with Crippen molar-refractivity contribution in [2.24, 2.45) is 0 Å². The van der Waals surface area contributed by atoms with Gasteiger partial charge in [0.1, 0.15) is 24.4 Å². The van der Waals surface area contributed by atoms with Gasteiger partial charge in [-0.1, -0.05) is 296 Å². The number of hydrogen-bond donors (Lipinski definition) is 6. The Kier molecular flexibility index (Phi) is 59.9. The van der Waals surface area contributed by atoms with E-state index in [4.69, 9.17) is 14.2 Å². The molecule has 89 heavy (non-hydrogen) atoms. The molecule has 8 atom stereocenters. The molecule has 0 saturated carbocycles. The molecule has 1 fully saturated rings. The highest BCUT2D eigenvalue weighted by molar-refractivity contribution is 5.80. The minimum atomic E-state index is -1.63. The summed E-state index contributed by atoms with van der Waals surface area (Å²) in [5.41, 5.74) is 0. The Morgan fingerprint density at radius 1 is 0.449 bits per heavy atom. The van der Waals surface area contributed by atoms with Gasteiger partial charge in [-0.2, -0.15) is 0 Å². The largest absolute Gasteiger partial charge is 0.454 e. The van der Waals surface area contributed by atoms with Crippen LogP contribution in [0.3, 0.4) is 0 Å². The second kappa shape index (κ2) is 64.2. The summed E-state index contributed by atoms with van der Waals surface area (Å²) in [5.74, 6) is -1.22. The van der Waals surface area contributed by atoms with Crippen LogP contribution in [0.15, 0.2) is 122 Å². The van der Waals surface area contributed by atoms with Gasteiger partial charge in [-0.3, -0.25) is 9.59 Å². The van der Waals surface area contributed by atoms with Gasteiger partial charge in [0.05, 0.1) is 25.4 Å². The first kappa shape index (κ1) is 83.1. The fourth-order valence-corrected chi connectivity index (χ4v) is 10.7. The van der Waals surface area contributed by atoms with Crippen molar-refractivity contribution in [3.8, 4) is 0 Å². The Labute approximate surface area is 544 Å². The zero-order valence-electron chi connectivity index (χ0n) is 56.8. The predicted octanol–water partition coefficient (Wildman–Crippen LogP) is 19.0. The van der Waals surface area contributed by atoms with Gasteiger partial charge in [0.25, 0.3) is 0 Å². The van der Waals surface area contributed by atoms with E-state index in [-0.39, 0.29) is 19.4 Å².